The summed E-state index contributed by atoms with van der Waals surface area (Å²) in [5.41, 5.74) is 4.48. The van der Waals surface area contributed by atoms with E-state index in [1.54, 1.807) is 7.11 Å². The number of rotatable bonds is 3. The number of nitrogens with zero attached hydrogens (tertiary/aromatic N) is 1. The van der Waals surface area contributed by atoms with Gasteiger partial charge in [0.1, 0.15) is 5.75 Å². The molecular formula is C21H25NO. The minimum atomic E-state index is 0.680. The molecule has 0 N–H and O–H groups in total. The van der Waals surface area contributed by atoms with Crippen LogP contribution in [-0.2, 0) is 19.4 Å². The Balaban J connectivity index is 1.58. The second-order valence-electron chi connectivity index (χ2n) is 7.06. The van der Waals surface area contributed by atoms with Crippen LogP contribution in [0.25, 0.3) is 0 Å². The fraction of sp³-hybridized carbons (Fsp3) is 0.429. The largest absolute Gasteiger partial charge is 0.497 e. The average Bonchev–Trinajstić information content (AvgIpc) is 2.56. The Kier molecular flexibility index (Phi) is 4.09. The van der Waals surface area contributed by atoms with Crippen molar-refractivity contribution in [2.24, 2.45) is 5.92 Å². The van der Waals surface area contributed by atoms with Crippen LogP contribution >= 0.6 is 0 Å². The summed E-state index contributed by atoms with van der Waals surface area (Å²) in [6.07, 6.45) is 5.08. The first-order chi connectivity index (χ1) is 11.3. The van der Waals surface area contributed by atoms with Crippen molar-refractivity contribution < 1.29 is 4.74 Å². The zero-order valence-electron chi connectivity index (χ0n) is 13.9. The molecule has 0 radical (unpaired) electrons. The minimum absolute atomic E-state index is 0.680. The normalized spacial score (nSPS) is 23.9. The van der Waals surface area contributed by atoms with Crippen LogP contribution in [-0.4, -0.2) is 24.6 Å². The van der Waals surface area contributed by atoms with Crippen LogP contribution in [0.3, 0.4) is 0 Å². The van der Waals surface area contributed by atoms with E-state index in [0.717, 1.165) is 18.2 Å². The van der Waals surface area contributed by atoms with E-state index in [0.29, 0.717) is 6.04 Å². The Hall–Kier alpha value is -1.80. The van der Waals surface area contributed by atoms with E-state index < -0.39 is 0 Å². The lowest BCUT2D eigenvalue weighted by atomic mass is 9.80. The first-order valence-electron chi connectivity index (χ1n) is 8.75. The fourth-order valence-corrected chi connectivity index (χ4v) is 4.28. The second kappa shape index (κ2) is 6.37. The van der Waals surface area contributed by atoms with Crippen molar-refractivity contribution in [1.82, 2.24) is 4.90 Å². The van der Waals surface area contributed by atoms with Crippen molar-refractivity contribution in [3.8, 4) is 5.75 Å². The molecule has 2 heteroatoms. The topological polar surface area (TPSA) is 12.5 Å². The molecule has 0 saturated carbocycles. The summed E-state index contributed by atoms with van der Waals surface area (Å²) in [4.78, 5) is 2.72. The maximum atomic E-state index is 5.42. The Labute approximate surface area is 139 Å². The smallest absolute Gasteiger partial charge is 0.119 e. The highest BCUT2D eigenvalue weighted by Gasteiger charge is 2.31. The zero-order valence-corrected chi connectivity index (χ0v) is 13.9. The molecule has 1 aliphatic carbocycles. The van der Waals surface area contributed by atoms with Crippen LogP contribution in [0.4, 0.5) is 0 Å². The molecule has 0 amide bonds. The average molecular weight is 307 g/mol. The Morgan fingerprint density at radius 3 is 2.70 bits per heavy atom. The van der Waals surface area contributed by atoms with Gasteiger partial charge in [0, 0.05) is 19.1 Å². The summed E-state index contributed by atoms with van der Waals surface area (Å²) in [5, 5.41) is 0. The van der Waals surface area contributed by atoms with Crippen LogP contribution in [0, 0.1) is 5.92 Å². The van der Waals surface area contributed by atoms with Gasteiger partial charge in [-0.05, 0) is 60.4 Å². The summed E-state index contributed by atoms with van der Waals surface area (Å²) in [6, 6.07) is 18.3. The maximum Gasteiger partial charge on any atom is 0.119 e. The molecule has 1 saturated heterocycles. The molecule has 2 nitrogen and oxygen atoms in total. The second-order valence-corrected chi connectivity index (χ2v) is 7.06. The molecule has 2 aromatic rings. The van der Waals surface area contributed by atoms with E-state index in [4.69, 9.17) is 4.74 Å². The van der Waals surface area contributed by atoms with Crippen LogP contribution < -0.4 is 4.74 Å². The molecule has 5 rings (SSSR count). The van der Waals surface area contributed by atoms with Crippen molar-refractivity contribution in [3.63, 3.8) is 0 Å². The molecular weight excluding hydrogens is 282 g/mol. The molecule has 2 aromatic carbocycles. The Bertz CT molecular complexity index is 667. The molecule has 2 aliphatic heterocycles. The van der Waals surface area contributed by atoms with Gasteiger partial charge in [-0.2, -0.15) is 0 Å². The fourth-order valence-electron chi connectivity index (χ4n) is 4.28. The number of piperidine rings is 1. The van der Waals surface area contributed by atoms with E-state index in [2.05, 4.69) is 53.4 Å². The lowest BCUT2D eigenvalue weighted by Gasteiger charge is -2.42. The molecule has 0 spiro atoms. The van der Waals surface area contributed by atoms with E-state index in [-0.39, 0.29) is 0 Å². The van der Waals surface area contributed by atoms with Gasteiger partial charge in [0.25, 0.3) is 0 Å². The lowest BCUT2D eigenvalue weighted by Crippen LogP contribution is -2.46. The quantitative estimate of drug-likeness (QED) is 0.847. The number of ether oxygens (including phenoxy) is 1. The van der Waals surface area contributed by atoms with Crippen molar-refractivity contribution in [3.05, 3.63) is 65.2 Å². The van der Waals surface area contributed by atoms with Gasteiger partial charge in [0.2, 0.25) is 0 Å². The molecule has 2 heterocycles. The maximum absolute atomic E-state index is 5.42. The van der Waals surface area contributed by atoms with Gasteiger partial charge in [-0.15, -0.1) is 0 Å². The molecule has 2 atom stereocenters. The third-order valence-electron chi connectivity index (χ3n) is 5.52. The van der Waals surface area contributed by atoms with E-state index >= 15 is 0 Å². The first-order valence-corrected chi connectivity index (χ1v) is 8.75. The number of methoxy groups -OCH3 is 1. The molecule has 120 valence electrons. The van der Waals surface area contributed by atoms with E-state index in [1.165, 1.54) is 48.9 Å². The third kappa shape index (κ3) is 3.13. The van der Waals surface area contributed by atoms with Gasteiger partial charge in [0.05, 0.1) is 7.11 Å². The standard InChI is InChI=1S/C21H25NO/c1-23-21-10-8-18-12-20-9-7-17(11-19(18)13-21)15-22(20)14-16-5-3-2-4-6-16/h2-6,8,10,13,17,20H,7,9,11-12,14-15H2,1H3. The highest BCUT2D eigenvalue weighted by Crippen LogP contribution is 2.34. The van der Waals surface area contributed by atoms with Crippen molar-refractivity contribution in [1.29, 1.82) is 0 Å². The van der Waals surface area contributed by atoms with Crippen LogP contribution in [0.15, 0.2) is 48.5 Å². The van der Waals surface area contributed by atoms with Gasteiger partial charge in [-0.25, -0.2) is 0 Å². The molecule has 2 unspecified atom stereocenters. The Morgan fingerprint density at radius 2 is 1.87 bits per heavy atom. The van der Waals surface area contributed by atoms with Crippen molar-refractivity contribution in [2.45, 2.75) is 38.3 Å². The predicted molar refractivity (Wildman–Crippen MR) is 93.8 cm³/mol. The summed E-state index contributed by atoms with van der Waals surface area (Å²) >= 11 is 0. The number of fused-ring (bicyclic) bond motifs is 2. The van der Waals surface area contributed by atoms with Crippen molar-refractivity contribution >= 4 is 0 Å². The summed E-state index contributed by atoms with van der Waals surface area (Å²) in [5.74, 6) is 1.78. The highest BCUT2D eigenvalue weighted by atomic mass is 16.5. The Morgan fingerprint density at radius 1 is 1.00 bits per heavy atom. The van der Waals surface area contributed by atoms with Crippen LogP contribution in [0.5, 0.6) is 5.75 Å². The summed E-state index contributed by atoms with van der Waals surface area (Å²) in [6.45, 7) is 2.32. The SMILES string of the molecule is COc1ccc2c(c1)CC1CCC(C2)N(Cc2ccccc2)C1. The van der Waals surface area contributed by atoms with Crippen LogP contribution in [0.1, 0.15) is 29.5 Å². The summed E-state index contributed by atoms with van der Waals surface area (Å²) in [7, 11) is 1.76. The minimum Gasteiger partial charge on any atom is -0.497 e. The highest BCUT2D eigenvalue weighted by molar-refractivity contribution is 5.37. The van der Waals surface area contributed by atoms with E-state index in [9.17, 15) is 0 Å². The lowest BCUT2D eigenvalue weighted by molar-refractivity contribution is 0.0938. The van der Waals surface area contributed by atoms with E-state index in [1.807, 2.05) is 0 Å². The molecule has 2 bridgehead atoms. The van der Waals surface area contributed by atoms with Gasteiger partial charge in [-0.1, -0.05) is 36.4 Å². The van der Waals surface area contributed by atoms with Gasteiger partial charge >= 0.3 is 0 Å². The number of hydrogen-bond acceptors (Lipinski definition) is 2. The molecule has 3 aliphatic rings. The van der Waals surface area contributed by atoms with Gasteiger partial charge < -0.3 is 4.74 Å². The molecule has 0 aromatic heterocycles. The third-order valence-corrected chi connectivity index (χ3v) is 5.52. The first kappa shape index (κ1) is 14.8. The predicted octanol–water partition coefficient (Wildman–Crippen LogP) is 4.07. The molecule has 1 fully saturated rings. The van der Waals surface area contributed by atoms with Crippen LogP contribution in [0.2, 0.25) is 0 Å². The van der Waals surface area contributed by atoms with Crippen molar-refractivity contribution in [2.75, 3.05) is 13.7 Å². The number of benzene rings is 2. The van der Waals surface area contributed by atoms with Gasteiger partial charge in [0.15, 0.2) is 0 Å². The molecule has 23 heavy (non-hydrogen) atoms. The summed E-state index contributed by atoms with van der Waals surface area (Å²) < 4.78 is 5.42. The number of hydrogen-bond donors (Lipinski definition) is 0. The van der Waals surface area contributed by atoms with Gasteiger partial charge in [-0.3, -0.25) is 4.90 Å². The zero-order chi connectivity index (χ0) is 15.6. The monoisotopic (exact) mass is 307 g/mol.